The van der Waals surface area contributed by atoms with E-state index in [1.165, 1.54) is 0 Å². The zero-order chi connectivity index (χ0) is 14.2. The molecule has 0 atom stereocenters. The van der Waals surface area contributed by atoms with Crippen LogP contribution in [0.25, 0.3) is 0 Å². The van der Waals surface area contributed by atoms with Gasteiger partial charge in [-0.25, -0.2) is 0 Å². The monoisotopic (exact) mass is 300 g/mol. The van der Waals surface area contributed by atoms with Gasteiger partial charge in [-0.2, -0.15) is 0 Å². The van der Waals surface area contributed by atoms with Crippen molar-refractivity contribution in [2.24, 2.45) is 0 Å². The molecule has 0 rings (SSSR count). The van der Waals surface area contributed by atoms with Gasteiger partial charge in [0, 0.05) is 11.8 Å². The summed E-state index contributed by atoms with van der Waals surface area (Å²) in [4.78, 5) is 0. The summed E-state index contributed by atoms with van der Waals surface area (Å²) in [7, 11) is 0. The van der Waals surface area contributed by atoms with Crippen molar-refractivity contribution in [3.63, 3.8) is 0 Å². The fraction of sp³-hybridized carbons (Fsp3) is 0.667. The van der Waals surface area contributed by atoms with E-state index in [0.717, 1.165) is 11.1 Å². The quantitative estimate of drug-likeness (QED) is 0.365. The van der Waals surface area contributed by atoms with Crippen molar-refractivity contribution in [3.8, 4) is 0 Å². The molecular formula is C12H22Cl2O4. The molecule has 0 bridgehead atoms. The van der Waals surface area contributed by atoms with Gasteiger partial charge in [0.2, 0.25) is 0 Å². The SMILES string of the molecule is C=C(CCl)CCl.C=C(COCCO)COCCO. The first kappa shape index (κ1) is 20.2. The first-order valence-electron chi connectivity index (χ1n) is 5.44. The van der Waals surface area contributed by atoms with E-state index in [-0.39, 0.29) is 13.2 Å². The lowest BCUT2D eigenvalue weighted by Gasteiger charge is -2.06. The minimum atomic E-state index is 0.0186. The van der Waals surface area contributed by atoms with Gasteiger partial charge in [-0.05, 0) is 11.1 Å². The van der Waals surface area contributed by atoms with E-state index in [2.05, 4.69) is 13.2 Å². The standard InChI is InChI=1S/C8H16O4.C4H6Cl2/c1-8(6-11-4-2-9)7-12-5-3-10;1-4(2-5)3-6/h9-10H,1-7H2;1-3H2. The lowest BCUT2D eigenvalue weighted by molar-refractivity contribution is 0.0805. The molecule has 0 aliphatic carbocycles. The van der Waals surface area contributed by atoms with Crippen molar-refractivity contribution >= 4 is 23.2 Å². The Morgan fingerprint density at radius 2 is 1.22 bits per heavy atom. The summed E-state index contributed by atoms with van der Waals surface area (Å²) in [5.74, 6) is 0.951. The van der Waals surface area contributed by atoms with E-state index in [1.807, 2.05) is 0 Å². The second-order valence-corrected chi connectivity index (χ2v) is 3.85. The Morgan fingerprint density at radius 1 is 0.833 bits per heavy atom. The minimum Gasteiger partial charge on any atom is -0.394 e. The Bertz CT molecular complexity index is 192. The minimum absolute atomic E-state index is 0.0186. The molecule has 0 saturated carbocycles. The maximum atomic E-state index is 8.37. The van der Waals surface area contributed by atoms with Crippen LogP contribution in [-0.2, 0) is 9.47 Å². The van der Waals surface area contributed by atoms with E-state index >= 15 is 0 Å². The second-order valence-electron chi connectivity index (χ2n) is 3.32. The van der Waals surface area contributed by atoms with Gasteiger partial charge in [0.25, 0.3) is 0 Å². The average molecular weight is 301 g/mol. The molecule has 0 aliphatic rings. The molecule has 0 aromatic carbocycles. The molecule has 2 N–H and O–H groups in total. The van der Waals surface area contributed by atoms with Crippen LogP contribution in [0.15, 0.2) is 24.3 Å². The molecule has 0 spiro atoms. The van der Waals surface area contributed by atoms with E-state index in [1.54, 1.807) is 0 Å². The summed E-state index contributed by atoms with van der Waals surface area (Å²) < 4.78 is 9.97. The van der Waals surface area contributed by atoms with Crippen LogP contribution in [0.4, 0.5) is 0 Å². The Kier molecular flexibility index (Phi) is 19.0. The summed E-state index contributed by atoms with van der Waals surface area (Å²) in [5.41, 5.74) is 1.68. The van der Waals surface area contributed by atoms with Crippen LogP contribution >= 0.6 is 23.2 Å². The van der Waals surface area contributed by atoms with E-state index in [4.69, 9.17) is 42.9 Å². The molecule has 0 aliphatic heterocycles. The highest BCUT2D eigenvalue weighted by atomic mass is 35.5. The molecule has 0 saturated heterocycles. The number of ether oxygens (including phenoxy) is 2. The molecule has 0 amide bonds. The smallest absolute Gasteiger partial charge is 0.0702 e. The van der Waals surface area contributed by atoms with Crippen molar-refractivity contribution < 1.29 is 19.7 Å². The third-order valence-corrected chi connectivity index (χ3v) is 2.22. The van der Waals surface area contributed by atoms with Crippen LogP contribution in [-0.4, -0.2) is 61.6 Å². The fourth-order valence-electron chi connectivity index (χ4n) is 0.639. The van der Waals surface area contributed by atoms with Gasteiger partial charge < -0.3 is 19.7 Å². The summed E-state index contributed by atoms with van der Waals surface area (Å²) in [6, 6.07) is 0. The van der Waals surface area contributed by atoms with Crippen LogP contribution in [0.1, 0.15) is 0 Å². The van der Waals surface area contributed by atoms with Crippen molar-refractivity contribution in [3.05, 3.63) is 24.3 Å². The summed E-state index contributed by atoms with van der Waals surface area (Å²) in [5, 5.41) is 16.7. The van der Waals surface area contributed by atoms with E-state index in [0.29, 0.717) is 38.2 Å². The summed E-state index contributed by atoms with van der Waals surface area (Å²) in [6.07, 6.45) is 0. The average Bonchev–Trinajstić information content (AvgIpc) is 2.39. The highest BCUT2D eigenvalue weighted by Crippen LogP contribution is 1.94. The molecule has 108 valence electrons. The lowest BCUT2D eigenvalue weighted by Crippen LogP contribution is -2.08. The number of aliphatic hydroxyl groups excluding tert-OH is 2. The number of hydrogen-bond acceptors (Lipinski definition) is 4. The molecule has 0 radical (unpaired) electrons. The topological polar surface area (TPSA) is 58.9 Å². The molecule has 0 unspecified atom stereocenters. The number of hydrogen-bond donors (Lipinski definition) is 2. The molecular weight excluding hydrogens is 279 g/mol. The normalized spacial score (nSPS) is 9.56. The Balaban J connectivity index is 0. The highest BCUT2D eigenvalue weighted by Gasteiger charge is 1.94. The van der Waals surface area contributed by atoms with Crippen molar-refractivity contribution in [2.45, 2.75) is 0 Å². The van der Waals surface area contributed by atoms with Gasteiger partial charge >= 0.3 is 0 Å². The van der Waals surface area contributed by atoms with Crippen molar-refractivity contribution in [1.82, 2.24) is 0 Å². The third kappa shape index (κ3) is 18.3. The third-order valence-electron chi connectivity index (χ3n) is 1.46. The number of aliphatic hydroxyl groups is 2. The van der Waals surface area contributed by atoms with Crippen LogP contribution in [0.3, 0.4) is 0 Å². The van der Waals surface area contributed by atoms with Gasteiger partial charge in [-0.3, -0.25) is 0 Å². The van der Waals surface area contributed by atoms with Crippen LogP contribution in [0, 0.1) is 0 Å². The Labute approximate surface area is 119 Å². The van der Waals surface area contributed by atoms with Gasteiger partial charge in [-0.15, -0.1) is 23.2 Å². The van der Waals surface area contributed by atoms with Gasteiger partial charge in [0.15, 0.2) is 0 Å². The maximum Gasteiger partial charge on any atom is 0.0702 e. The predicted octanol–water partition coefficient (Wildman–Crippen LogP) is 1.58. The predicted molar refractivity (Wildman–Crippen MR) is 75.5 cm³/mol. The van der Waals surface area contributed by atoms with E-state index < -0.39 is 0 Å². The second kappa shape index (κ2) is 16.9. The molecule has 6 heteroatoms. The van der Waals surface area contributed by atoms with Crippen LogP contribution in [0.2, 0.25) is 0 Å². The first-order valence-corrected chi connectivity index (χ1v) is 6.51. The van der Waals surface area contributed by atoms with Crippen LogP contribution < -0.4 is 0 Å². The van der Waals surface area contributed by atoms with Crippen molar-refractivity contribution in [1.29, 1.82) is 0 Å². The fourth-order valence-corrected chi connectivity index (χ4v) is 0.925. The molecule has 0 aromatic rings. The molecule has 0 fully saturated rings. The van der Waals surface area contributed by atoms with Gasteiger partial charge in [0.1, 0.15) is 0 Å². The Morgan fingerprint density at radius 3 is 1.44 bits per heavy atom. The van der Waals surface area contributed by atoms with E-state index in [9.17, 15) is 0 Å². The van der Waals surface area contributed by atoms with Crippen LogP contribution in [0.5, 0.6) is 0 Å². The maximum absolute atomic E-state index is 8.37. The number of rotatable bonds is 10. The Hall–Kier alpha value is -0.100. The van der Waals surface area contributed by atoms with Crippen molar-refractivity contribution in [2.75, 3.05) is 51.4 Å². The summed E-state index contributed by atoms with van der Waals surface area (Å²) in [6.45, 7) is 8.68. The molecule has 0 aromatic heterocycles. The number of halogens is 2. The van der Waals surface area contributed by atoms with Gasteiger partial charge in [0.05, 0.1) is 39.6 Å². The first-order chi connectivity index (χ1) is 8.62. The number of allylic oxidation sites excluding steroid dienone is 1. The summed E-state index contributed by atoms with van der Waals surface area (Å²) >= 11 is 10.5. The lowest BCUT2D eigenvalue weighted by atomic mass is 10.3. The zero-order valence-corrected chi connectivity index (χ0v) is 12.0. The molecule has 4 nitrogen and oxygen atoms in total. The largest absolute Gasteiger partial charge is 0.394 e. The van der Waals surface area contributed by atoms with Gasteiger partial charge in [-0.1, -0.05) is 13.2 Å². The number of alkyl halides is 2. The molecule has 0 heterocycles. The zero-order valence-electron chi connectivity index (χ0n) is 10.5. The highest BCUT2D eigenvalue weighted by molar-refractivity contribution is 6.23. The molecule has 18 heavy (non-hydrogen) atoms.